The number of para-hydroxylation sites is 1. The molecule has 0 atom stereocenters. The van der Waals surface area contributed by atoms with Crippen LogP contribution in [0.2, 0.25) is 0 Å². The molecule has 1 aromatic carbocycles. The molecule has 120 valence electrons. The molecule has 0 unspecified atom stereocenters. The summed E-state index contributed by atoms with van der Waals surface area (Å²) >= 11 is 0. The number of rotatable bonds is 5. The Kier molecular flexibility index (Phi) is 4.86. The van der Waals surface area contributed by atoms with Gasteiger partial charge in [-0.25, -0.2) is 4.98 Å². The Labute approximate surface area is 135 Å². The summed E-state index contributed by atoms with van der Waals surface area (Å²) in [6.45, 7) is 0.370. The van der Waals surface area contributed by atoms with E-state index in [0.29, 0.717) is 12.4 Å². The molecule has 23 heavy (non-hydrogen) atoms. The van der Waals surface area contributed by atoms with Crippen LogP contribution >= 0.6 is 0 Å². The van der Waals surface area contributed by atoms with E-state index in [1.165, 1.54) is 0 Å². The van der Waals surface area contributed by atoms with E-state index in [9.17, 15) is 9.59 Å². The highest BCUT2D eigenvalue weighted by Gasteiger charge is 2.22. The van der Waals surface area contributed by atoms with Gasteiger partial charge in [-0.05, 0) is 31.0 Å². The lowest BCUT2D eigenvalue weighted by atomic mass is 10.1. The zero-order valence-corrected chi connectivity index (χ0v) is 13.0. The van der Waals surface area contributed by atoms with Crippen LogP contribution in [0.3, 0.4) is 0 Å². The second-order valence-electron chi connectivity index (χ2n) is 5.96. The second kappa shape index (κ2) is 7.22. The van der Waals surface area contributed by atoms with Crippen LogP contribution in [0.5, 0.6) is 0 Å². The first-order chi connectivity index (χ1) is 11.2. The molecule has 1 aliphatic rings. The number of anilines is 1. The fourth-order valence-electron chi connectivity index (χ4n) is 2.97. The van der Waals surface area contributed by atoms with Crippen molar-refractivity contribution < 1.29 is 9.59 Å². The van der Waals surface area contributed by atoms with E-state index < -0.39 is 0 Å². The number of aromatic nitrogens is 1. The number of benzene rings is 1. The van der Waals surface area contributed by atoms with Crippen molar-refractivity contribution in [1.29, 1.82) is 0 Å². The number of nitrogens with zero attached hydrogens (tertiary/aromatic N) is 1. The van der Waals surface area contributed by atoms with Crippen molar-refractivity contribution in [3.8, 4) is 0 Å². The molecule has 0 aliphatic heterocycles. The lowest BCUT2D eigenvalue weighted by Gasteiger charge is -2.10. The molecular weight excluding hydrogens is 290 g/mol. The Morgan fingerprint density at radius 3 is 2.70 bits per heavy atom. The van der Waals surface area contributed by atoms with E-state index in [1.54, 1.807) is 6.07 Å². The van der Waals surface area contributed by atoms with Gasteiger partial charge in [0.25, 0.3) is 0 Å². The topological polar surface area (TPSA) is 71.1 Å². The summed E-state index contributed by atoms with van der Waals surface area (Å²) in [4.78, 5) is 28.2. The molecule has 1 heterocycles. The third kappa shape index (κ3) is 4.06. The van der Waals surface area contributed by atoms with Crippen molar-refractivity contribution >= 4 is 28.5 Å². The maximum Gasteiger partial charge on any atom is 0.227 e. The monoisotopic (exact) mass is 311 g/mol. The molecule has 5 nitrogen and oxygen atoms in total. The summed E-state index contributed by atoms with van der Waals surface area (Å²) in [6, 6.07) is 11.5. The SMILES string of the molecule is O=C(CCNC(=O)C1CCCC1)Nc1ccc2ccccc2n1. The van der Waals surface area contributed by atoms with Crippen molar-refractivity contribution in [3.63, 3.8) is 0 Å². The minimum atomic E-state index is -0.139. The fraction of sp³-hybridized carbons (Fsp3) is 0.389. The van der Waals surface area contributed by atoms with Gasteiger partial charge < -0.3 is 10.6 Å². The molecule has 0 spiro atoms. The Balaban J connectivity index is 1.47. The molecule has 1 aromatic heterocycles. The van der Waals surface area contributed by atoms with Crippen LogP contribution in [0.15, 0.2) is 36.4 Å². The number of pyridine rings is 1. The van der Waals surface area contributed by atoms with E-state index in [0.717, 1.165) is 36.6 Å². The molecule has 1 aliphatic carbocycles. The Morgan fingerprint density at radius 1 is 1.09 bits per heavy atom. The predicted molar refractivity (Wildman–Crippen MR) is 90.0 cm³/mol. The van der Waals surface area contributed by atoms with Crippen LogP contribution in [-0.2, 0) is 9.59 Å². The molecule has 2 N–H and O–H groups in total. The quantitative estimate of drug-likeness (QED) is 0.892. The van der Waals surface area contributed by atoms with Gasteiger partial charge in [0, 0.05) is 24.3 Å². The Hall–Kier alpha value is -2.43. The predicted octanol–water partition coefficient (Wildman–Crippen LogP) is 2.87. The van der Waals surface area contributed by atoms with Gasteiger partial charge in [0.2, 0.25) is 11.8 Å². The number of hydrogen-bond donors (Lipinski definition) is 2. The molecule has 1 fully saturated rings. The van der Waals surface area contributed by atoms with Gasteiger partial charge in [-0.2, -0.15) is 0 Å². The second-order valence-corrected chi connectivity index (χ2v) is 5.96. The molecule has 0 radical (unpaired) electrons. The maximum absolute atomic E-state index is 11.9. The number of hydrogen-bond acceptors (Lipinski definition) is 3. The highest BCUT2D eigenvalue weighted by atomic mass is 16.2. The Morgan fingerprint density at radius 2 is 1.87 bits per heavy atom. The highest BCUT2D eigenvalue weighted by Crippen LogP contribution is 2.24. The minimum absolute atomic E-state index is 0.0825. The number of fused-ring (bicyclic) bond motifs is 1. The average Bonchev–Trinajstić information content (AvgIpc) is 3.09. The summed E-state index contributed by atoms with van der Waals surface area (Å²) in [5.41, 5.74) is 0.847. The van der Waals surface area contributed by atoms with Gasteiger partial charge in [-0.3, -0.25) is 9.59 Å². The zero-order valence-electron chi connectivity index (χ0n) is 13.0. The standard InChI is InChI=1S/C18H21N3O2/c22-17(11-12-19-18(23)14-6-1-2-7-14)21-16-10-9-13-5-3-4-8-15(13)20-16/h3-5,8-10,14H,1-2,6-7,11-12H2,(H,19,23)(H,20,21,22). The summed E-state index contributed by atoms with van der Waals surface area (Å²) in [5.74, 6) is 0.620. The van der Waals surface area contributed by atoms with Gasteiger partial charge in [0.15, 0.2) is 0 Å². The summed E-state index contributed by atoms with van der Waals surface area (Å²) in [7, 11) is 0. The third-order valence-corrected chi connectivity index (χ3v) is 4.24. The third-order valence-electron chi connectivity index (χ3n) is 4.24. The van der Waals surface area contributed by atoms with Crippen LogP contribution in [0.25, 0.3) is 10.9 Å². The van der Waals surface area contributed by atoms with Crippen LogP contribution < -0.4 is 10.6 Å². The van der Waals surface area contributed by atoms with Crippen LogP contribution in [-0.4, -0.2) is 23.3 Å². The van der Waals surface area contributed by atoms with E-state index >= 15 is 0 Å². The maximum atomic E-state index is 11.9. The van der Waals surface area contributed by atoms with Crippen LogP contribution in [0.1, 0.15) is 32.1 Å². The first-order valence-corrected chi connectivity index (χ1v) is 8.16. The molecule has 2 amide bonds. The van der Waals surface area contributed by atoms with Crippen molar-refractivity contribution in [3.05, 3.63) is 36.4 Å². The van der Waals surface area contributed by atoms with Gasteiger partial charge in [-0.1, -0.05) is 31.0 Å². The smallest absolute Gasteiger partial charge is 0.227 e. The molecule has 0 saturated heterocycles. The van der Waals surface area contributed by atoms with Crippen molar-refractivity contribution in [2.24, 2.45) is 5.92 Å². The van der Waals surface area contributed by atoms with Crippen LogP contribution in [0, 0.1) is 5.92 Å². The van der Waals surface area contributed by atoms with Gasteiger partial charge in [0.1, 0.15) is 5.82 Å². The van der Waals surface area contributed by atoms with Crippen LogP contribution in [0.4, 0.5) is 5.82 Å². The largest absolute Gasteiger partial charge is 0.355 e. The molecule has 2 aromatic rings. The summed E-state index contributed by atoms with van der Waals surface area (Å²) < 4.78 is 0. The molecule has 5 heteroatoms. The van der Waals surface area contributed by atoms with E-state index in [1.807, 2.05) is 30.3 Å². The fourth-order valence-corrected chi connectivity index (χ4v) is 2.97. The van der Waals surface area contributed by atoms with Gasteiger partial charge in [-0.15, -0.1) is 0 Å². The lowest BCUT2D eigenvalue weighted by Crippen LogP contribution is -2.32. The molecule has 1 saturated carbocycles. The Bertz CT molecular complexity index is 708. The highest BCUT2D eigenvalue weighted by molar-refractivity contribution is 5.92. The number of nitrogens with one attached hydrogen (secondary N) is 2. The van der Waals surface area contributed by atoms with E-state index in [2.05, 4.69) is 15.6 Å². The van der Waals surface area contributed by atoms with Crippen molar-refractivity contribution in [1.82, 2.24) is 10.3 Å². The molecule has 0 bridgehead atoms. The number of amides is 2. The summed E-state index contributed by atoms with van der Waals surface area (Å²) in [5, 5.41) is 6.66. The van der Waals surface area contributed by atoms with Gasteiger partial charge in [0.05, 0.1) is 5.52 Å². The number of carbonyl (C=O) groups is 2. The minimum Gasteiger partial charge on any atom is -0.355 e. The van der Waals surface area contributed by atoms with E-state index in [4.69, 9.17) is 0 Å². The first-order valence-electron chi connectivity index (χ1n) is 8.16. The zero-order chi connectivity index (χ0) is 16.1. The van der Waals surface area contributed by atoms with Gasteiger partial charge >= 0.3 is 0 Å². The number of carbonyl (C=O) groups excluding carboxylic acids is 2. The summed E-state index contributed by atoms with van der Waals surface area (Å²) in [6.07, 6.45) is 4.46. The molecular formula is C18H21N3O2. The first kappa shape index (κ1) is 15.5. The lowest BCUT2D eigenvalue weighted by molar-refractivity contribution is -0.124. The van der Waals surface area contributed by atoms with Crippen molar-refractivity contribution in [2.75, 3.05) is 11.9 Å². The molecule has 3 rings (SSSR count). The van der Waals surface area contributed by atoms with E-state index in [-0.39, 0.29) is 24.2 Å². The van der Waals surface area contributed by atoms with Crippen molar-refractivity contribution in [2.45, 2.75) is 32.1 Å². The average molecular weight is 311 g/mol. The normalized spacial score (nSPS) is 14.8.